The summed E-state index contributed by atoms with van der Waals surface area (Å²) in [5, 5.41) is 3.34. The summed E-state index contributed by atoms with van der Waals surface area (Å²) in [5.74, 6) is 7.26. The van der Waals surface area contributed by atoms with Crippen LogP contribution in [0.3, 0.4) is 0 Å². The van der Waals surface area contributed by atoms with Crippen molar-refractivity contribution < 1.29 is 19.0 Å². The number of ether oxygens (including phenoxy) is 3. The molecule has 2 rings (SSSR count). The molecule has 0 bridgehead atoms. The summed E-state index contributed by atoms with van der Waals surface area (Å²) in [6, 6.07) is 14.2. The lowest BCUT2D eigenvalue weighted by Crippen LogP contribution is -2.46. The second kappa shape index (κ2) is 9.75. The number of methoxy groups -OCH3 is 1. The van der Waals surface area contributed by atoms with Gasteiger partial charge >= 0.3 is 0 Å². The predicted molar refractivity (Wildman–Crippen MR) is 105 cm³/mol. The summed E-state index contributed by atoms with van der Waals surface area (Å²) >= 11 is 5.84. The van der Waals surface area contributed by atoms with Gasteiger partial charge in [-0.15, -0.1) is 0 Å². The zero-order valence-electron chi connectivity index (χ0n) is 15.5. The molecule has 0 radical (unpaired) electrons. The summed E-state index contributed by atoms with van der Waals surface area (Å²) in [5.41, 5.74) is -1.04. The Morgan fingerprint density at radius 1 is 1.07 bits per heavy atom. The fraction of sp³-hybridized carbons (Fsp3) is 0.286. The molecule has 0 saturated heterocycles. The van der Waals surface area contributed by atoms with Crippen LogP contribution in [0.2, 0.25) is 5.02 Å². The standard InChI is InChI=1S/C21H22ClNO4/c1-21(2,27-17-12-10-16(22)11-13-17)20(24)23-14-6-7-15-26-19-9-5-4-8-18(19)25-3/h4-5,8-13H,14-15H2,1-3H3,(H,23,24). The lowest BCUT2D eigenvalue weighted by Gasteiger charge is -2.24. The number of para-hydroxylation sites is 2. The van der Waals surface area contributed by atoms with E-state index in [4.69, 9.17) is 25.8 Å². The van der Waals surface area contributed by atoms with E-state index >= 15 is 0 Å². The van der Waals surface area contributed by atoms with E-state index in [1.807, 2.05) is 18.2 Å². The van der Waals surface area contributed by atoms with Gasteiger partial charge in [-0.2, -0.15) is 0 Å². The largest absolute Gasteiger partial charge is 0.493 e. The highest BCUT2D eigenvalue weighted by molar-refractivity contribution is 6.30. The van der Waals surface area contributed by atoms with Crippen LogP contribution in [0.25, 0.3) is 0 Å². The first-order valence-corrected chi connectivity index (χ1v) is 8.74. The van der Waals surface area contributed by atoms with Gasteiger partial charge in [-0.05, 0) is 50.2 Å². The van der Waals surface area contributed by atoms with Crippen molar-refractivity contribution in [1.29, 1.82) is 0 Å². The summed E-state index contributed by atoms with van der Waals surface area (Å²) in [6.45, 7) is 3.77. The topological polar surface area (TPSA) is 56.8 Å². The zero-order chi connectivity index (χ0) is 19.7. The second-order valence-electron chi connectivity index (χ2n) is 6.04. The van der Waals surface area contributed by atoms with E-state index in [1.54, 1.807) is 51.3 Å². The molecule has 0 aliphatic heterocycles. The molecule has 0 saturated carbocycles. The van der Waals surface area contributed by atoms with E-state index in [1.165, 1.54) is 0 Å². The smallest absolute Gasteiger partial charge is 0.264 e. The number of nitrogens with one attached hydrogen (secondary N) is 1. The third-order valence-corrected chi connectivity index (χ3v) is 3.82. The molecule has 0 heterocycles. The minimum absolute atomic E-state index is 0.195. The molecule has 1 amide bonds. The van der Waals surface area contributed by atoms with Crippen LogP contribution in [0, 0.1) is 11.8 Å². The minimum atomic E-state index is -1.04. The van der Waals surface area contributed by atoms with Crippen molar-refractivity contribution in [2.45, 2.75) is 19.4 Å². The van der Waals surface area contributed by atoms with E-state index in [2.05, 4.69) is 17.2 Å². The summed E-state index contributed by atoms with van der Waals surface area (Å²) < 4.78 is 16.5. The number of carbonyl (C=O) groups is 1. The third-order valence-electron chi connectivity index (χ3n) is 3.56. The lowest BCUT2D eigenvalue weighted by atomic mass is 10.1. The number of hydrogen-bond donors (Lipinski definition) is 1. The molecule has 6 heteroatoms. The fourth-order valence-corrected chi connectivity index (χ4v) is 2.27. The monoisotopic (exact) mass is 387 g/mol. The Hall–Kier alpha value is -2.84. The Morgan fingerprint density at radius 2 is 1.74 bits per heavy atom. The van der Waals surface area contributed by atoms with Gasteiger partial charge in [0.2, 0.25) is 0 Å². The van der Waals surface area contributed by atoms with Crippen LogP contribution < -0.4 is 19.5 Å². The third kappa shape index (κ3) is 6.43. The number of rotatable bonds is 7. The molecular weight excluding hydrogens is 366 g/mol. The average molecular weight is 388 g/mol. The van der Waals surface area contributed by atoms with Crippen LogP contribution >= 0.6 is 11.6 Å². The molecule has 0 aromatic heterocycles. The van der Waals surface area contributed by atoms with Crippen LogP contribution in [0.4, 0.5) is 0 Å². The molecule has 142 valence electrons. The van der Waals surface area contributed by atoms with Gasteiger partial charge in [-0.1, -0.05) is 35.6 Å². The molecule has 0 atom stereocenters. The van der Waals surface area contributed by atoms with Crippen molar-refractivity contribution in [1.82, 2.24) is 5.32 Å². The first-order chi connectivity index (χ1) is 12.9. The maximum atomic E-state index is 12.3. The van der Waals surface area contributed by atoms with Crippen LogP contribution in [-0.2, 0) is 4.79 Å². The Balaban J connectivity index is 1.78. The lowest BCUT2D eigenvalue weighted by molar-refractivity contribution is -0.133. The highest BCUT2D eigenvalue weighted by Crippen LogP contribution is 2.25. The average Bonchev–Trinajstić information content (AvgIpc) is 2.66. The van der Waals surface area contributed by atoms with E-state index < -0.39 is 5.60 Å². The van der Waals surface area contributed by atoms with Gasteiger partial charge in [0.05, 0.1) is 13.7 Å². The zero-order valence-corrected chi connectivity index (χ0v) is 16.3. The predicted octanol–water partition coefficient (Wildman–Crippen LogP) is 3.70. The van der Waals surface area contributed by atoms with Crippen molar-refractivity contribution in [3.63, 3.8) is 0 Å². The quantitative estimate of drug-likeness (QED) is 0.736. The summed E-state index contributed by atoms with van der Waals surface area (Å²) in [7, 11) is 1.58. The fourth-order valence-electron chi connectivity index (χ4n) is 2.15. The summed E-state index contributed by atoms with van der Waals surface area (Å²) in [4.78, 5) is 12.3. The number of halogens is 1. The Morgan fingerprint density at radius 3 is 2.41 bits per heavy atom. The van der Waals surface area contributed by atoms with Gasteiger partial charge in [0, 0.05) is 5.02 Å². The molecular formula is C21H22ClNO4. The number of hydrogen-bond acceptors (Lipinski definition) is 4. The molecule has 0 fully saturated rings. The van der Waals surface area contributed by atoms with Gasteiger partial charge in [-0.25, -0.2) is 0 Å². The Bertz CT molecular complexity index is 822. The number of carbonyl (C=O) groups excluding carboxylic acids is 1. The van der Waals surface area contributed by atoms with Crippen molar-refractivity contribution in [3.8, 4) is 29.1 Å². The van der Waals surface area contributed by atoms with Gasteiger partial charge in [-0.3, -0.25) is 4.79 Å². The van der Waals surface area contributed by atoms with Crippen molar-refractivity contribution >= 4 is 17.5 Å². The molecule has 2 aromatic rings. The number of amides is 1. The first-order valence-electron chi connectivity index (χ1n) is 8.37. The van der Waals surface area contributed by atoms with Crippen LogP contribution in [0.1, 0.15) is 13.8 Å². The molecule has 1 N–H and O–H groups in total. The highest BCUT2D eigenvalue weighted by Gasteiger charge is 2.29. The molecule has 27 heavy (non-hydrogen) atoms. The van der Waals surface area contributed by atoms with E-state index in [0.717, 1.165) is 0 Å². The Labute approximate surface area is 164 Å². The molecule has 2 aromatic carbocycles. The van der Waals surface area contributed by atoms with Gasteiger partial charge < -0.3 is 19.5 Å². The normalized spacial score (nSPS) is 10.4. The van der Waals surface area contributed by atoms with Crippen molar-refractivity contribution in [2.75, 3.05) is 20.3 Å². The highest BCUT2D eigenvalue weighted by atomic mass is 35.5. The second-order valence-corrected chi connectivity index (χ2v) is 6.48. The maximum absolute atomic E-state index is 12.3. The Kier molecular flexibility index (Phi) is 7.39. The minimum Gasteiger partial charge on any atom is -0.493 e. The van der Waals surface area contributed by atoms with Crippen LogP contribution in [0.15, 0.2) is 48.5 Å². The van der Waals surface area contributed by atoms with Gasteiger partial charge in [0.1, 0.15) is 12.4 Å². The van der Waals surface area contributed by atoms with Crippen molar-refractivity contribution in [3.05, 3.63) is 53.6 Å². The number of benzene rings is 2. The summed E-state index contributed by atoms with van der Waals surface area (Å²) in [6.07, 6.45) is 0. The van der Waals surface area contributed by atoms with E-state index in [9.17, 15) is 4.79 Å². The van der Waals surface area contributed by atoms with E-state index in [-0.39, 0.29) is 19.1 Å². The first kappa shape index (κ1) is 20.5. The molecule has 0 spiro atoms. The van der Waals surface area contributed by atoms with Crippen LogP contribution in [0.5, 0.6) is 17.2 Å². The van der Waals surface area contributed by atoms with E-state index in [0.29, 0.717) is 22.3 Å². The molecule has 0 unspecified atom stereocenters. The van der Waals surface area contributed by atoms with Crippen molar-refractivity contribution in [2.24, 2.45) is 0 Å². The SMILES string of the molecule is COc1ccccc1OCC#CCNC(=O)C(C)(C)Oc1ccc(Cl)cc1. The molecule has 5 nitrogen and oxygen atoms in total. The maximum Gasteiger partial charge on any atom is 0.264 e. The molecule has 0 aliphatic carbocycles. The van der Waals surface area contributed by atoms with Gasteiger partial charge in [0.25, 0.3) is 5.91 Å². The molecule has 0 aliphatic rings. The van der Waals surface area contributed by atoms with Crippen LogP contribution in [-0.4, -0.2) is 31.8 Å². The van der Waals surface area contributed by atoms with Gasteiger partial charge in [0.15, 0.2) is 17.1 Å².